The molecule has 0 spiro atoms. The Morgan fingerprint density at radius 2 is 1.90 bits per heavy atom. The van der Waals surface area contributed by atoms with E-state index in [1.54, 1.807) is 0 Å². The zero-order chi connectivity index (χ0) is 15.7. The molecule has 0 aromatic rings. The van der Waals surface area contributed by atoms with Gasteiger partial charge in [-0.2, -0.15) is 0 Å². The van der Waals surface area contributed by atoms with Crippen molar-refractivity contribution in [1.29, 1.82) is 0 Å². The first kappa shape index (κ1) is 17.8. The van der Waals surface area contributed by atoms with E-state index in [1.807, 2.05) is 0 Å². The third-order valence-electron chi connectivity index (χ3n) is 4.10. The number of carboxylic acid groups (broad SMARTS) is 1. The zero-order valence-corrected chi connectivity index (χ0v) is 13.2. The van der Waals surface area contributed by atoms with Crippen LogP contribution in [-0.4, -0.2) is 54.7 Å². The van der Waals surface area contributed by atoms with Gasteiger partial charge in [-0.1, -0.05) is 13.3 Å². The highest BCUT2D eigenvalue weighted by Gasteiger charge is 2.25. The van der Waals surface area contributed by atoms with Crippen molar-refractivity contribution in [1.82, 2.24) is 15.5 Å². The molecule has 0 radical (unpaired) electrons. The van der Waals surface area contributed by atoms with Gasteiger partial charge in [-0.3, -0.25) is 4.79 Å². The lowest BCUT2D eigenvalue weighted by Gasteiger charge is -2.17. The van der Waals surface area contributed by atoms with Crippen LogP contribution >= 0.6 is 0 Å². The highest BCUT2D eigenvalue weighted by Crippen LogP contribution is 2.24. The van der Waals surface area contributed by atoms with Crippen molar-refractivity contribution in [2.75, 3.05) is 26.7 Å². The molecule has 122 valence electrons. The minimum absolute atomic E-state index is 0.132. The quantitative estimate of drug-likeness (QED) is 0.542. The van der Waals surface area contributed by atoms with Gasteiger partial charge in [-0.05, 0) is 38.6 Å². The van der Waals surface area contributed by atoms with Gasteiger partial charge < -0.3 is 20.6 Å². The summed E-state index contributed by atoms with van der Waals surface area (Å²) in [7, 11) is 2.09. The van der Waals surface area contributed by atoms with Crippen LogP contribution in [0.5, 0.6) is 0 Å². The number of nitrogens with zero attached hydrogens (tertiary/aromatic N) is 1. The van der Waals surface area contributed by atoms with Crippen LogP contribution in [0.4, 0.5) is 4.79 Å². The van der Waals surface area contributed by atoms with Gasteiger partial charge in [-0.15, -0.1) is 0 Å². The van der Waals surface area contributed by atoms with Crippen molar-refractivity contribution in [2.45, 2.75) is 51.5 Å². The number of rotatable bonds is 11. The Bertz CT molecular complexity index is 332. The molecule has 0 aromatic carbocycles. The molecule has 1 fully saturated rings. The van der Waals surface area contributed by atoms with Crippen LogP contribution in [0, 0.1) is 5.92 Å². The van der Waals surface area contributed by atoms with E-state index in [2.05, 4.69) is 29.5 Å². The average molecular weight is 299 g/mol. The van der Waals surface area contributed by atoms with E-state index in [1.165, 1.54) is 12.8 Å². The first-order valence-electron chi connectivity index (χ1n) is 7.96. The Morgan fingerprint density at radius 3 is 2.48 bits per heavy atom. The molecule has 6 nitrogen and oxygen atoms in total. The largest absolute Gasteiger partial charge is 0.481 e. The predicted molar refractivity (Wildman–Crippen MR) is 82.3 cm³/mol. The molecule has 1 atom stereocenters. The zero-order valence-electron chi connectivity index (χ0n) is 13.2. The molecule has 6 heteroatoms. The van der Waals surface area contributed by atoms with Gasteiger partial charge >= 0.3 is 12.0 Å². The number of carbonyl (C=O) groups excluding carboxylic acids is 1. The molecule has 1 aliphatic rings. The van der Waals surface area contributed by atoms with Crippen molar-refractivity contribution >= 4 is 12.0 Å². The first-order valence-corrected chi connectivity index (χ1v) is 7.96. The Morgan fingerprint density at radius 1 is 1.24 bits per heavy atom. The Kier molecular flexibility index (Phi) is 8.12. The van der Waals surface area contributed by atoms with Gasteiger partial charge in [0.1, 0.15) is 0 Å². The number of hydrogen-bond acceptors (Lipinski definition) is 3. The lowest BCUT2D eigenvalue weighted by Crippen LogP contribution is -2.40. The van der Waals surface area contributed by atoms with Crippen molar-refractivity contribution in [2.24, 2.45) is 5.92 Å². The Labute approximate surface area is 127 Å². The van der Waals surface area contributed by atoms with Crippen LogP contribution in [0.3, 0.4) is 0 Å². The third kappa shape index (κ3) is 8.55. The molecule has 1 unspecified atom stereocenters. The number of carbonyl (C=O) groups is 2. The summed E-state index contributed by atoms with van der Waals surface area (Å²) in [6, 6.07) is 0.585. The van der Waals surface area contributed by atoms with E-state index >= 15 is 0 Å². The second kappa shape index (κ2) is 9.60. The lowest BCUT2D eigenvalue weighted by atomic mass is 9.97. The van der Waals surface area contributed by atoms with Crippen molar-refractivity contribution in [3.05, 3.63) is 0 Å². The highest BCUT2D eigenvalue weighted by molar-refractivity contribution is 5.73. The fourth-order valence-electron chi connectivity index (χ4n) is 2.38. The van der Waals surface area contributed by atoms with Gasteiger partial charge in [0, 0.05) is 32.1 Å². The minimum atomic E-state index is -0.751. The Balaban J connectivity index is 2.01. The smallest absolute Gasteiger partial charge is 0.314 e. The van der Waals surface area contributed by atoms with Crippen molar-refractivity contribution in [3.8, 4) is 0 Å². The summed E-state index contributed by atoms with van der Waals surface area (Å²) in [4.78, 5) is 24.4. The number of urea groups is 1. The molecule has 3 N–H and O–H groups in total. The highest BCUT2D eigenvalue weighted by atomic mass is 16.4. The monoisotopic (exact) mass is 299 g/mol. The molecule has 1 saturated carbocycles. The molecular weight excluding hydrogens is 270 g/mol. The number of carboxylic acids is 1. The van der Waals surface area contributed by atoms with E-state index in [-0.39, 0.29) is 12.5 Å². The molecular formula is C15H29N3O3. The van der Waals surface area contributed by atoms with Gasteiger partial charge in [0.15, 0.2) is 0 Å². The molecule has 2 amide bonds. The number of nitrogens with one attached hydrogen (secondary N) is 2. The van der Waals surface area contributed by atoms with E-state index in [0.717, 1.165) is 25.4 Å². The van der Waals surface area contributed by atoms with Crippen molar-refractivity contribution < 1.29 is 14.7 Å². The van der Waals surface area contributed by atoms with E-state index in [9.17, 15) is 9.59 Å². The number of likely N-dealkylation sites (N-methyl/N-ethyl adjacent to an activating group) is 1. The van der Waals surface area contributed by atoms with Gasteiger partial charge in [-0.25, -0.2) is 4.79 Å². The van der Waals surface area contributed by atoms with Crippen molar-refractivity contribution in [3.63, 3.8) is 0 Å². The molecule has 0 aromatic heterocycles. The van der Waals surface area contributed by atoms with Crippen LogP contribution in [-0.2, 0) is 4.79 Å². The molecule has 1 rings (SSSR count). The molecule has 0 aliphatic heterocycles. The molecule has 0 bridgehead atoms. The Hall–Kier alpha value is -1.30. The summed E-state index contributed by atoms with van der Waals surface area (Å²) in [6.07, 6.45) is 5.22. The maximum atomic E-state index is 11.6. The summed E-state index contributed by atoms with van der Waals surface area (Å²) in [5, 5.41) is 14.4. The summed E-state index contributed by atoms with van der Waals surface area (Å²) in [6.45, 7) is 4.20. The molecule has 1 aliphatic carbocycles. The van der Waals surface area contributed by atoms with Crippen LogP contribution in [0.25, 0.3) is 0 Å². The molecule has 0 heterocycles. The van der Waals surface area contributed by atoms with Gasteiger partial charge in [0.25, 0.3) is 0 Å². The minimum Gasteiger partial charge on any atom is -0.481 e. The normalized spacial score (nSPS) is 15.8. The second-order valence-electron chi connectivity index (χ2n) is 5.89. The van der Waals surface area contributed by atoms with E-state index < -0.39 is 5.97 Å². The molecule has 0 saturated heterocycles. The summed E-state index contributed by atoms with van der Waals surface area (Å²) in [5.74, 6) is -0.388. The van der Waals surface area contributed by atoms with Crippen LogP contribution in [0.15, 0.2) is 0 Å². The average Bonchev–Trinajstić information content (AvgIpc) is 3.26. The number of hydrogen-bond donors (Lipinski definition) is 3. The SMILES string of the molecule is CCC(CCNC(=O)NCCN(C)C1CC1)CCC(=O)O. The fraction of sp³-hybridized carbons (Fsp3) is 0.867. The van der Waals surface area contributed by atoms with Gasteiger partial charge in [0.2, 0.25) is 0 Å². The van der Waals surface area contributed by atoms with Crippen LogP contribution < -0.4 is 10.6 Å². The topological polar surface area (TPSA) is 81.7 Å². The summed E-state index contributed by atoms with van der Waals surface area (Å²) < 4.78 is 0. The predicted octanol–water partition coefficient (Wildman–Crippen LogP) is 1.66. The fourth-order valence-corrected chi connectivity index (χ4v) is 2.38. The van der Waals surface area contributed by atoms with Gasteiger partial charge in [0.05, 0.1) is 0 Å². The maximum Gasteiger partial charge on any atom is 0.314 e. The lowest BCUT2D eigenvalue weighted by molar-refractivity contribution is -0.137. The summed E-state index contributed by atoms with van der Waals surface area (Å²) in [5.41, 5.74) is 0. The molecule has 21 heavy (non-hydrogen) atoms. The number of amides is 2. The van der Waals surface area contributed by atoms with Crippen LogP contribution in [0.1, 0.15) is 45.4 Å². The second-order valence-corrected chi connectivity index (χ2v) is 5.89. The number of aliphatic carboxylic acids is 1. The standard InChI is InChI=1S/C15H29N3O3/c1-3-12(4-7-14(19)20)8-9-16-15(21)17-10-11-18(2)13-5-6-13/h12-13H,3-11H2,1-2H3,(H,19,20)(H2,16,17,21). The maximum absolute atomic E-state index is 11.6. The summed E-state index contributed by atoms with van der Waals surface area (Å²) >= 11 is 0. The van der Waals surface area contributed by atoms with E-state index in [4.69, 9.17) is 5.11 Å². The van der Waals surface area contributed by atoms with E-state index in [0.29, 0.717) is 25.4 Å². The van der Waals surface area contributed by atoms with Crippen LogP contribution in [0.2, 0.25) is 0 Å². The third-order valence-corrected chi connectivity index (χ3v) is 4.10. The first-order chi connectivity index (χ1) is 10.0.